The van der Waals surface area contributed by atoms with Crippen molar-refractivity contribution < 1.29 is 19.1 Å². The predicted octanol–water partition coefficient (Wildman–Crippen LogP) is 2.12. The van der Waals surface area contributed by atoms with Gasteiger partial charge in [0, 0.05) is 5.69 Å². The maximum atomic E-state index is 12.4. The number of H-pyrrole nitrogens is 1. The number of carbonyl (C=O) groups is 2. The van der Waals surface area contributed by atoms with Gasteiger partial charge >= 0.3 is 5.97 Å². The summed E-state index contributed by atoms with van der Waals surface area (Å²) in [5, 5.41) is 2.62. The van der Waals surface area contributed by atoms with Gasteiger partial charge in [0.15, 0.2) is 0 Å². The molecule has 0 aliphatic carbocycles. The minimum atomic E-state index is -0.645. The average molecular weight is 330 g/mol. The Morgan fingerprint density at radius 1 is 1.21 bits per heavy atom. The summed E-state index contributed by atoms with van der Waals surface area (Å²) in [6.07, 6.45) is 0. The van der Waals surface area contributed by atoms with Gasteiger partial charge in [0.1, 0.15) is 11.3 Å². The van der Waals surface area contributed by atoms with Crippen LogP contribution in [0.4, 0.5) is 5.69 Å². The zero-order chi connectivity index (χ0) is 17.7. The SMILES string of the molecule is CCOc1ccccc1NC(=O)c1cc(C(=O)OC)c(C)[nH]c1=O. The molecule has 0 fully saturated rings. The number of anilines is 1. The van der Waals surface area contributed by atoms with Crippen molar-refractivity contribution >= 4 is 17.6 Å². The van der Waals surface area contributed by atoms with Crippen molar-refractivity contribution in [1.29, 1.82) is 0 Å². The number of benzene rings is 1. The van der Waals surface area contributed by atoms with Gasteiger partial charge in [-0.2, -0.15) is 0 Å². The molecule has 0 aliphatic heterocycles. The van der Waals surface area contributed by atoms with Crippen molar-refractivity contribution in [3.05, 3.63) is 57.5 Å². The molecular weight excluding hydrogens is 312 g/mol. The highest BCUT2D eigenvalue weighted by Gasteiger charge is 2.18. The number of nitrogens with one attached hydrogen (secondary N) is 2. The third-order valence-corrected chi connectivity index (χ3v) is 3.32. The molecule has 0 radical (unpaired) electrons. The lowest BCUT2D eigenvalue weighted by Crippen LogP contribution is -2.25. The second-order valence-electron chi connectivity index (χ2n) is 4.93. The molecule has 7 nitrogen and oxygen atoms in total. The van der Waals surface area contributed by atoms with Crippen molar-refractivity contribution in [3.8, 4) is 5.75 Å². The number of carbonyl (C=O) groups excluding carboxylic acids is 2. The van der Waals surface area contributed by atoms with Gasteiger partial charge in [0.05, 0.1) is 25.0 Å². The monoisotopic (exact) mass is 330 g/mol. The van der Waals surface area contributed by atoms with Crippen LogP contribution in [-0.4, -0.2) is 30.6 Å². The molecule has 7 heteroatoms. The zero-order valence-corrected chi connectivity index (χ0v) is 13.6. The quantitative estimate of drug-likeness (QED) is 0.818. The number of ether oxygens (including phenoxy) is 2. The molecule has 1 aromatic carbocycles. The molecule has 1 aromatic heterocycles. The number of aryl methyl sites for hydroxylation is 1. The summed E-state index contributed by atoms with van der Waals surface area (Å²) in [6.45, 7) is 3.82. The summed E-state index contributed by atoms with van der Waals surface area (Å²) in [5.41, 5.74) is 0.112. The van der Waals surface area contributed by atoms with Gasteiger partial charge in [0.2, 0.25) is 0 Å². The molecule has 0 unspecified atom stereocenters. The Morgan fingerprint density at radius 2 is 1.92 bits per heavy atom. The minimum Gasteiger partial charge on any atom is -0.492 e. The van der Waals surface area contributed by atoms with Crippen LogP contribution in [0.1, 0.15) is 33.3 Å². The Bertz CT molecular complexity index is 826. The van der Waals surface area contributed by atoms with E-state index in [9.17, 15) is 14.4 Å². The fourth-order valence-electron chi connectivity index (χ4n) is 2.15. The molecule has 1 heterocycles. The van der Waals surface area contributed by atoms with Crippen LogP contribution in [0.3, 0.4) is 0 Å². The Kier molecular flexibility index (Phi) is 5.36. The van der Waals surface area contributed by atoms with Crippen molar-refractivity contribution in [1.82, 2.24) is 4.98 Å². The van der Waals surface area contributed by atoms with Crippen LogP contribution >= 0.6 is 0 Å². The molecule has 0 atom stereocenters. The van der Waals surface area contributed by atoms with Crippen LogP contribution < -0.4 is 15.6 Å². The number of amides is 1. The minimum absolute atomic E-state index is 0.125. The number of methoxy groups -OCH3 is 1. The van der Waals surface area contributed by atoms with E-state index >= 15 is 0 Å². The standard InChI is InChI=1S/C17H18N2O5/c1-4-24-14-8-6-5-7-13(14)19-16(21)12-9-11(17(22)23-3)10(2)18-15(12)20/h5-9H,4H2,1-3H3,(H,18,20)(H,19,21). The normalized spacial score (nSPS) is 10.1. The molecule has 2 rings (SSSR count). The number of aromatic amines is 1. The summed E-state index contributed by atoms with van der Waals surface area (Å²) in [7, 11) is 1.23. The van der Waals surface area contributed by atoms with Gasteiger partial charge < -0.3 is 19.8 Å². The number of rotatable bonds is 5. The first kappa shape index (κ1) is 17.3. The molecule has 2 N–H and O–H groups in total. The van der Waals surface area contributed by atoms with Crippen LogP contribution in [-0.2, 0) is 4.74 Å². The van der Waals surface area contributed by atoms with E-state index in [2.05, 4.69) is 15.0 Å². The van der Waals surface area contributed by atoms with E-state index in [1.54, 1.807) is 31.2 Å². The maximum absolute atomic E-state index is 12.4. The molecule has 0 spiro atoms. The number of para-hydroxylation sites is 2. The number of aromatic nitrogens is 1. The van der Waals surface area contributed by atoms with Gasteiger partial charge in [-0.1, -0.05) is 12.1 Å². The summed E-state index contributed by atoms with van der Waals surface area (Å²) < 4.78 is 10.1. The highest BCUT2D eigenvalue weighted by atomic mass is 16.5. The number of hydrogen-bond donors (Lipinski definition) is 2. The number of esters is 1. The van der Waals surface area contributed by atoms with Crippen LogP contribution in [0.15, 0.2) is 35.1 Å². The summed E-state index contributed by atoms with van der Waals surface area (Å²) in [4.78, 5) is 38.7. The van der Waals surface area contributed by atoms with E-state index in [4.69, 9.17) is 4.74 Å². The fraction of sp³-hybridized carbons (Fsp3) is 0.235. The lowest BCUT2D eigenvalue weighted by molar-refractivity contribution is 0.0599. The van der Waals surface area contributed by atoms with Crippen molar-refractivity contribution in [3.63, 3.8) is 0 Å². The van der Waals surface area contributed by atoms with Gasteiger partial charge in [-0.15, -0.1) is 0 Å². The number of hydrogen-bond acceptors (Lipinski definition) is 5. The molecule has 0 bridgehead atoms. The third kappa shape index (κ3) is 3.62. The molecule has 24 heavy (non-hydrogen) atoms. The van der Waals surface area contributed by atoms with Gasteiger partial charge in [-0.05, 0) is 32.0 Å². The van der Waals surface area contributed by atoms with E-state index < -0.39 is 17.4 Å². The van der Waals surface area contributed by atoms with Crippen molar-refractivity contribution in [2.75, 3.05) is 19.0 Å². The number of pyridine rings is 1. The highest BCUT2D eigenvalue weighted by Crippen LogP contribution is 2.24. The van der Waals surface area contributed by atoms with Crippen LogP contribution in [0.2, 0.25) is 0 Å². The summed E-state index contributed by atoms with van der Waals surface area (Å²) >= 11 is 0. The van der Waals surface area contributed by atoms with Gasteiger partial charge in [0.25, 0.3) is 11.5 Å². The topological polar surface area (TPSA) is 97.5 Å². The molecule has 2 aromatic rings. The molecule has 1 amide bonds. The molecule has 126 valence electrons. The first-order chi connectivity index (χ1) is 11.5. The van der Waals surface area contributed by atoms with E-state index in [0.29, 0.717) is 23.7 Å². The maximum Gasteiger partial charge on any atom is 0.339 e. The van der Waals surface area contributed by atoms with Gasteiger partial charge in [-0.25, -0.2) is 4.79 Å². The molecule has 0 saturated heterocycles. The predicted molar refractivity (Wildman–Crippen MR) is 88.7 cm³/mol. The lowest BCUT2D eigenvalue weighted by atomic mass is 10.1. The lowest BCUT2D eigenvalue weighted by Gasteiger charge is -2.11. The van der Waals surface area contributed by atoms with E-state index in [1.807, 2.05) is 6.92 Å². The first-order valence-corrected chi connectivity index (χ1v) is 7.33. The zero-order valence-electron chi connectivity index (χ0n) is 13.6. The fourth-order valence-corrected chi connectivity index (χ4v) is 2.15. The summed E-state index contributed by atoms with van der Waals surface area (Å²) in [5.74, 6) is -0.786. The smallest absolute Gasteiger partial charge is 0.339 e. The third-order valence-electron chi connectivity index (χ3n) is 3.32. The van der Waals surface area contributed by atoms with Crippen LogP contribution in [0.5, 0.6) is 5.75 Å². The second kappa shape index (κ2) is 7.45. The molecule has 0 aliphatic rings. The van der Waals surface area contributed by atoms with E-state index in [-0.39, 0.29) is 11.1 Å². The van der Waals surface area contributed by atoms with E-state index in [1.165, 1.54) is 13.2 Å². The van der Waals surface area contributed by atoms with Crippen LogP contribution in [0.25, 0.3) is 0 Å². The van der Waals surface area contributed by atoms with Crippen LogP contribution in [0, 0.1) is 6.92 Å². The molecular formula is C17H18N2O5. The Balaban J connectivity index is 2.37. The Hall–Kier alpha value is -3.09. The van der Waals surface area contributed by atoms with E-state index in [0.717, 1.165) is 0 Å². The van der Waals surface area contributed by atoms with Crippen molar-refractivity contribution in [2.45, 2.75) is 13.8 Å². The Labute approximate surface area is 138 Å². The van der Waals surface area contributed by atoms with Gasteiger partial charge in [-0.3, -0.25) is 9.59 Å². The Morgan fingerprint density at radius 3 is 2.58 bits per heavy atom. The average Bonchev–Trinajstić information content (AvgIpc) is 2.56. The largest absolute Gasteiger partial charge is 0.492 e. The highest BCUT2D eigenvalue weighted by molar-refractivity contribution is 6.06. The summed E-state index contributed by atoms with van der Waals surface area (Å²) in [6, 6.07) is 8.09. The first-order valence-electron chi connectivity index (χ1n) is 7.33. The second-order valence-corrected chi connectivity index (χ2v) is 4.93. The molecule has 0 saturated carbocycles. The van der Waals surface area contributed by atoms with Crippen molar-refractivity contribution in [2.24, 2.45) is 0 Å².